The molecule has 3 amide bonds. The van der Waals surface area contributed by atoms with Crippen LogP contribution in [0, 0.1) is 5.82 Å². The predicted octanol–water partition coefficient (Wildman–Crippen LogP) is 1.41. The van der Waals surface area contributed by atoms with Crippen molar-refractivity contribution in [1.29, 1.82) is 0 Å². The Morgan fingerprint density at radius 1 is 1.13 bits per heavy atom. The fraction of sp³-hybridized carbons (Fsp3) is 0.500. The molecule has 2 aliphatic heterocycles. The van der Waals surface area contributed by atoms with Gasteiger partial charge < -0.3 is 9.80 Å². The van der Waals surface area contributed by atoms with Crippen molar-refractivity contribution >= 4 is 23.3 Å². The maximum atomic E-state index is 14.5. The van der Waals surface area contributed by atoms with Gasteiger partial charge in [0.25, 0.3) is 0 Å². The number of carbonyl (C=O) groups excluding carboxylic acids is 2. The smallest absolute Gasteiger partial charge is 0.328 e. The fourth-order valence-electron chi connectivity index (χ4n) is 3.04. The minimum absolute atomic E-state index is 0.230. The molecule has 0 unspecified atom stereocenters. The van der Waals surface area contributed by atoms with Gasteiger partial charge in [0.1, 0.15) is 5.82 Å². The minimum Gasteiger partial charge on any atom is -0.367 e. The number of nitrogens with one attached hydrogen (secondary N) is 1. The monoisotopic (exact) mass is 320 g/mol. The van der Waals surface area contributed by atoms with Crippen LogP contribution in [0.5, 0.6) is 0 Å². The van der Waals surface area contributed by atoms with E-state index in [1.807, 2.05) is 4.90 Å². The average Bonchev–Trinajstić information content (AvgIpc) is 2.55. The summed E-state index contributed by atoms with van der Waals surface area (Å²) in [4.78, 5) is 28.8. The molecule has 2 heterocycles. The number of halogens is 1. The van der Waals surface area contributed by atoms with Crippen molar-refractivity contribution in [2.75, 3.05) is 49.1 Å². The first-order valence-electron chi connectivity index (χ1n) is 7.96. The van der Waals surface area contributed by atoms with E-state index in [0.717, 1.165) is 32.7 Å². The molecule has 0 aliphatic carbocycles. The first-order chi connectivity index (χ1) is 11.1. The van der Waals surface area contributed by atoms with Gasteiger partial charge in [0.05, 0.1) is 5.69 Å². The van der Waals surface area contributed by atoms with Crippen LogP contribution in [0.15, 0.2) is 18.2 Å². The van der Waals surface area contributed by atoms with Crippen LogP contribution in [0.2, 0.25) is 0 Å². The Bertz CT molecular complexity index is 614. The number of rotatable bonds is 3. The molecule has 3 rings (SSSR count). The van der Waals surface area contributed by atoms with Crippen LogP contribution < -0.4 is 15.1 Å². The van der Waals surface area contributed by atoms with Gasteiger partial charge in [0.15, 0.2) is 0 Å². The maximum Gasteiger partial charge on any atom is 0.328 e. The molecule has 0 radical (unpaired) electrons. The standard InChI is InChI=1S/C16H21FN4O2/c1-2-19-7-9-20(10-8-19)14-4-3-12(11-13(14)17)21-6-5-15(22)18-16(21)23/h3-4,11H,2,5-10H2,1H3,(H,18,22,23). The molecular formula is C16H21FN4O2. The fourth-order valence-corrected chi connectivity index (χ4v) is 3.04. The Morgan fingerprint density at radius 3 is 2.48 bits per heavy atom. The lowest BCUT2D eigenvalue weighted by Crippen LogP contribution is -2.49. The number of hydrogen-bond donors (Lipinski definition) is 1. The van der Waals surface area contributed by atoms with Crippen molar-refractivity contribution < 1.29 is 14.0 Å². The highest BCUT2D eigenvalue weighted by Crippen LogP contribution is 2.26. The number of carbonyl (C=O) groups is 2. The molecule has 1 aromatic carbocycles. The van der Waals surface area contributed by atoms with Crippen LogP contribution in [-0.2, 0) is 4.79 Å². The molecule has 2 fully saturated rings. The number of anilines is 2. The number of nitrogens with zero attached hydrogens (tertiary/aromatic N) is 3. The van der Waals surface area contributed by atoms with E-state index in [0.29, 0.717) is 11.4 Å². The van der Waals surface area contributed by atoms with Gasteiger partial charge >= 0.3 is 6.03 Å². The van der Waals surface area contributed by atoms with E-state index in [4.69, 9.17) is 0 Å². The molecule has 1 N–H and O–H groups in total. The summed E-state index contributed by atoms with van der Waals surface area (Å²) in [6, 6.07) is 4.33. The number of amides is 3. The topological polar surface area (TPSA) is 55.9 Å². The normalized spacial score (nSPS) is 19.9. The second-order valence-corrected chi connectivity index (χ2v) is 5.81. The minimum atomic E-state index is -0.495. The van der Waals surface area contributed by atoms with E-state index in [9.17, 15) is 14.0 Å². The van der Waals surface area contributed by atoms with E-state index in [-0.39, 0.29) is 24.7 Å². The van der Waals surface area contributed by atoms with Gasteiger partial charge in [-0.15, -0.1) is 0 Å². The van der Waals surface area contributed by atoms with Crippen molar-refractivity contribution in [1.82, 2.24) is 10.2 Å². The Kier molecular flexibility index (Phi) is 4.47. The number of likely N-dealkylation sites (N-methyl/N-ethyl adjacent to an activating group) is 1. The highest BCUT2D eigenvalue weighted by molar-refractivity contribution is 6.05. The van der Waals surface area contributed by atoms with Gasteiger partial charge in [-0.3, -0.25) is 15.0 Å². The first-order valence-corrected chi connectivity index (χ1v) is 7.96. The zero-order valence-electron chi connectivity index (χ0n) is 13.2. The molecule has 2 aliphatic rings. The van der Waals surface area contributed by atoms with Gasteiger partial charge in [-0.05, 0) is 24.7 Å². The molecule has 0 saturated carbocycles. The predicted molar refractivity (Wildman–Crippen MR) is 86.2 cm³/mol. The lowest BCUT2D eigenvalue weighted by Gasteiger charge is -2.36. The second-order valence-electron chi connectivity index (χ2n) is 5.81. The third kappa shape index (κ3) is 3.29. The van der Waals surface area contributed by atoms with Crippen LogP contribution in [-0.4, -0.2) is 56.1 Å². The van der Waals surface area contributed by atoms with E-state index in [1.165, 1.54) is 11.0 Å². The Hall–Kier alpha value is -2.15. The molecule has 0 atom stereocenters. The number of urea groups is 1. The van der Waals surface area contributed by atoms with E-state index < -0.39 is 6.03 Å². The highest BCUT2D eigenvalue weighted by atomic mass is 19.1. The molecule has 0 bridgehead atoms. The summed E-state index contributed by atoms with van der Waals surface area (Å²) in [5.74, 6) is -0.630. The van der Waals surface area contributed by atoms with Crippen molar-refractivity contribution in [3.8, 4) is 0 Å². The second kappa shape index (κ2) is 6.54. The summed E-state index contributed by atoms with van der Waals surface area (Å²) in [6.45, 7) is 6.85. The molecule has 7 heteroatoms. The summed E-state index contributed by atoms with van der Waals surface area (Å²) in [6.07, 6.45) is 0.230. The summed E-state index contributed by atoms with van der Waals surface area (Å²) in [7, 11) is 0. The molecule has 124 valence electrons. The van der Waals surface area contributed by atoms with Crippen LogP contribution in [0.1, 0.15) is 13.3 Å². The molecule has 0 spiro atoms. The lowest BCUT2D eigenvalue weighted by molar-refractivity contribution is -0.120. The van der Waals surface area contributed by atoms with Crippen LogP contribution in [0.4, 0.5) is 20.6 Å². The van der Waals surface area contributed by atoms with Gasteiger partial charge in [-0.2, -0.15) is 0 Å². The van der Waals surface area contributed by atoms with Crippen molar-refractivity contribution in [2.24, 2.45) is 0 Å². The van der Waals surface area contributed by atoms with E-state index >= 15 is 0 Å². The summed E-state index contributed by atoms with van der Waals surface area (Å²) in [5, 5.41) is 2.25. The number of benzene rings is 1. The Balaban J connectivity index is 1.73. The zero-order valence-corrected chi connectivity index (χ0v) is 13.2. The van der Waals surface area contributed by atoms with E-state index in [1.54, 1.807) is 12.1 Å². The summed E-state index contributed by atoms with van der Waals surface area (Å²) in [5.41, 5.74) is 1.04. The maximum absolute atomic E-state index is 14.5. The highest BCUT2D eigenvalue weighted by Gasteiger charge is 2.25. The van der Waals surface area contributed by atoms with Gasteiger partial charge in [-0.1, -0.05) is 6.92 Å². The largest absolute Gasteiger partial charge is 0.367 e. The number of piperazine rings is 1. The molecule has 2 saturated heterocycles. The van der Waals surface area contributed by atoms with Crippen molar-refractivity contribution in [2.45, 2.75) is 13.3 Å². The lowest BCUT2D eigenvalue weighted by atomic mass is 10.2. The molecule has 23 heavy (non-hydrogen) atoms. The number of imide groups is 1. The van der Waals surface area contributed by atoms with Crippen molar-refractivity contribution in [3.63, 3.8) is 0 Å². The van der Waals surface area contributed by atoms with Gasteiger partial charge in [-0.25, -0.2) is 9.18 Å². The quantitative estimate of drug-likeness (QED) is 0.915. The Labute approximate surface area is 134 Å². The molecular weight excluding hydrogens is 299 g/mol. The van der Waals surface area contributed by atoms with Gasteiger partial charge in [0.2, 0.25) is 5.91 Å². The third-order valence-corrected chi connectivity index (χ3v) is 4.46. The molecule has 1 aromatic rings. The van der Waals surface area contributed by atoms with Gasteiger partial charge in [0, 0.05) is 44.8 Å². The zero-order chi connectivity index (χ0) is 16.4. The van der Waals surface area contributed by atoms with Crippen LogP contribution >= 0.6 is 0 Å². The summed E-state index contributed by atoms with van der Waals surface area (Å²) >= 11 is 0. The van der Waals surface area contributed by atoms with Crippen molar-refractivity contribution in [3.05, 3.63) is 24.0 Å². The Morgan fingerprint density at radius 2 is 1.87 bits per heavy atom. The SMILES string of the molecule is CCN1CCN(c2ccc(N3CCC(=O)NC3=O)cc2F)CC1. The average molecular weight is 320 g/mol. The van der Waals surface area contributed by atoms with Crippen LogP contribution in [0.3, 0.4) is 0 Å². The molecule has 0 aromatic heterocycles. The number of hydrogen-bond acceptors (Lipinski definition) is 4. The van der Waals surface area contributed by atoms with Crippen LogP contribution in [0.25, 0.3) is 0 Å². The molecule has 6 nitrogen and oxygen atoms in total. The third-order valence-electron chi connectivity index (χ3n) is 4.46. The first kappa shape index (κ1) is 15.7. The summed E-state index contributed by atoms with van der Waals surface area (Å²) < 4.78 is 14.5. The van der Waals surface area contributed by atoms with E-state index in [2.05, 4.69) is 17.1 Å².